The van der Waals surface area contributed by atoms with Gasteiger partial charge >= 0.3 is 0 Å². The maximum atomic E-state index is 9.61. The van der Waals surface area contributed by atoms with E-state index in [1.165, 1.54) is 0 Å². The molecule has 84 valence electrons. The molecule has 0 saturated heterocycles. The highest BCUT2D eigenvalue weighted by molar-refractivity contribution is 7.13. The van der Waals surface area contributed by atoms with Gasteiger partial charge in [0.15, 0.2) is 0 Å². The molecular formula is C14H10O2S. The second kappa shape index (κ2) is 4.11. The molecule has 0 spiro atoms. The van der Waals surface area contributed by atoms with Crippen LogP contribution in [0.3, 0.4) is 0 Å². The Hall–Kier alpha value is -2.00. The predicted octanol–water partition coefficient (Wildman–Crippen LogP) is 4.38. The molecule has 0 aliphatic rings. The Morgan fingerprint density at radius 2 is 1.94 bits per heavy atom. The van der Waals surface area contributed by atoms with Gasteiger partial charge in [-0.05, 0) is 41.8 Å². The zero-order valence-corrected chi connectivity index (χ0v) is 9.78. The lowest BCUT2D eigenvalue weighted by atomic mass is 10.0. The molecule has 0 bridgehead atoms. The van der Waals surface area contributed by atoms with Gasteiger partial charge in [0.1, 0.15) is 11.5 Å². The number of aromatic hydroxyl groups is 1. The van der Waals surface area contributed by atoms with E-state index in [2.05, 4.69) is 0 Å². The standard InChI is InChI=1S/C14H10O2S/c15-10-5-6-11(13-3-1-7-16-13)12(9-10)14-4-2-8-17-14/h1-9,15H. The fourth-order valence-electron chi connectivity index (χ4n) is 1.81. The number of benzene rings is 1. The summed E-state index contributed by atoms with van der Waals surface area (Å²) in [6, 6.07) is 13.1. The van der Waals surface area contributed by atoms with E-state index in [1.807, 2.05) is 35.7 Å². The number of hydrogen-bond acceptors (Lipinski definition) is 3. The van der Waals surface area contributed by atoms with E-state index in [-0.39, 0.29) is 5.75 Å². The molecule has 3 heteroatoms. The van der Waals surface area contributed by atoms with Crippen molar-refractivity contribution in [3.05, 3.63) is 54.1 Å². The summed E-state index contributed by atoms with van der Waals surface area (Å²) in [5.74, 6) is 1.08. The average Bonchev–Trinajstić information content (AvgIpc) is 3.02. The van der Waals surface area contributed by atoms with E-state index in [9.17, 15) is 5.11 Å². The Kier molecular flexibility index (Phi) is 2.46. The van der Waals surface area contributed by atoms with E-state index >= 15 is 0 Å². The van der Waals surface area contributed by atoms with Gasteiger partial charge < -0.3 is 9.52 Å². The first kappa shape index (κ1) is 10.2. The summed E-state index contributed by atoms with van der Waals surface area (Å²) in [4.78, 5) is 1.12. The van der Waals surface area contributed by atoms with Gasteiger partial charge in [0.25, 0.3) is 0 Å². The number of furan rings is 1. The first-order valence-corrected chi connectivity index (χ1v) is 6.13. The Morgan fingerprint density at radius 1 is 1.00 bits per heavy atom. The maximum Gasteiger partial charge on any atom is 0.134 e. The molecule has 3 rings (SSSR count). The third-order valence-corrected chi connectivity index (χ3v) is 3.48. The van der Waals surface area contributed by atoms with E-state index < -0.39 is 0 Å². The van der Waals surface area contributed by atoms with Crippen molar-refractivity contribution < 1.29 is 9.52 Å². The Balaban J connectivity index is 2.22. The molecule has 0 aliphatic carbocycles. The lowest BCUT2D eigenvalue weighted by molar-refractivity contribution is 0.475. The van der Waals surface area contributed by atoms with Crippen molar-refractivity contribution in [2.24, 2.45) is 0 Å². The van der Waals surface area contributed by atoms with Crippen LogP contribution in [0.2, 0.25) is 0 Å². The van der Waals surface area contributed by atoms with Crippen LogP contribution in [-0.2, 0) is 0 Å². The molecule has 0 atom stereocenters. The van der Waals surface area contributed by atoms with Crippen LogP contribution in [0.25, 0.3) is 21.8 Å². The molecule has 0 fully saturated rings. The maximum absolute atomic E-state index is 9.61. The van der Waals surface area contributed by atoms with E-state index in [4.69, 9.17) is 4.42 Å². The molecule has 17 heavy (non-hydrogen) atoms. The molecular weight excluding hydrogens is 232 g/mol. The fraction of sp³-hybridized carbons (Fsp3) is 0. The zero-order valence-electron chi connectivity index (χ0n) is 8.96. The van der Waals surface area contributed by atoms with Crippen LogP contribution in [0.1, 0.15) is 0 Å². The van der Waals surface area contributed by atoms with E-state index in [0.29, 0.717) is 0 Å². The first-order chi connectivity index (χ1) is 8.34. The summed E-state index contributed by atoms with van der Waals surface area (Å²) in [5, 5.41) is 11.6. The summed E-state index contributed by atoms with van der Waals surface area (Å²) in [6.07, 6.45) is 1.65. The minimum atomic E-state index is 0.267. The number of thiophene rings is 1. The predicted molar refractivity (Wildman–Crippen MR) is 69.1 cm³/mol. The van der Waals surface area contributed by atoms with Gasteiger partial charge in [-0.2, -0.15) is 0 Å². The Labute approximate surface area is 103 Å². The van der Waals surface area contributed by atoms with Gasteiger partial charge in [-0.25, -0.2) is 0 Å². The molecule has 0 aliphatic heterocycles. The van der Waals surface area contributed by atoms with Gasteiger partial charge in [-0.15, -0.1) is 11.3 Å². The van der Waals surface area contributed by atoms with Crippen molar-refractivity contribution in [2.45, 2.75) is 0 Å². The van der Waals surface area contributed by atoms with Gasteiger partial charge in [-0.1, -0.05) is 6.07 Å². The summed E-state index contributed by atoms with van der Waals surface area (Å²) in [5.41, 5.74) is 1.99. The minimum absolute atomic E-state index is 0.267. The topological polar surface area (TPSA) is 33.4 Å². The highest BCUT2D eigenvalue weighted by Crippen LogP contribution is 2.36. The van der Waals surface area contributed by atoms with Gasteiger partial charge in [0.2, 0.25) is 0 Å². The normalized spacial score (nSPS) is 10.6. The molecule has 1 N–H and O–H groups in total. The second-order valence-electron chi connectivity index (χ2n) is 3.68. The van der Waals surface area contributed by atoms with Crippen molar-refractivity contribution in [1.29, 1.82) is 0 Å². The van der Waals surface area contributed by atoms with Crippen molar-refractivity contribution in [3.8, 4) is 27.5 Å². The third kappa shape index (κ3) is 1.85. The molecule has 2 aromatic heterocycles. The van der Waals surface area contributed by atoms with E-state index in [1.54, 1.807) is 29.7 Å². The number of phenolic OH excluding ortho intramolecular Hbond substituents is 1. The number of hydrogen-bond donors (Lipinski definition) is 1. The SMILES string of the molecule is Oc1ccc(-c2ccco2)c(-c2cccs2)c1. The molecule has 3 aromatic rings. The molecule has 0 radical (unpaired) electrons. The average molecular weight is 242 g/mol. The van der Waals surface area contributed by atoms with Crippen LogP contribution in [0.15, 0.2) is 58.5 Å². The Morgan fingerprint density at radius 3 is 2.65 bits per heavy atom. The van der Waals surface area contributed by atoms with Crippen molar-refractivity contribution >= 4 is 11.3 Å². The van der Waals surface area contributed by atoms with Crippen molar-refractivity contribution in [1.82, 2.24) is 0 Å². The first-order valence-electron chi connectivity index (χ1n) is 5.25. The number of rotatable bonds is 2. The van der Waals surface area contributed by atoms with Crippen molar-refractivity contribution in [2.75, 3.05) is 0 Å². The van der Waals surface area contributed by atoms with Gasteiger partial charge in [0.05, 0.1) is 6.26 Å². The van der Waals surface area contributed by atoms with Crippen LogP contribution in [0, 0.1) is 0 Å². The molecule has 1 aromatic carbocycles. The minimum Gasteiger partial charge on any atom is -0.508 e. The molecule has 0 amide bonds. The van der Waals surface area contributed by atoms with Crippen LogP contribution >= 0.6 is 11.3 Å². The Bertz CT molecular complexity index is 610. The summed E-state index contributed by atoms with van der Waals surface area (Å²) in [7, 11) is 0. The smallest absolute Gasteiger partial charge is 0.134 e. The van der Waals surface area contributed by atoms with Gasteiger partial charge in [0, 0.05) is 16.0 Å². The molecule has 0 unspecified atom stereocenters. The lowest BCUT2D eigenvalue weighted by Crippen LogP contribution is -1.80. The monoisotopic (exact) mass is 242 g/mol. The number of phenols is 1. The molecule has 2 heterocycles. The van der Waals surface area contributed by atoms with Crippen molar-refractivity contribution in [3.63, 3.8) is 0 Å². The highest BCUT2D eigenvalue weighted by Gasteiger charge is 2.11. The van der Waals surface area contributed by atoms with Gasteiger partial charge in [-0.3, -0.25) is 0 Å². The third-order valence-electron chi connectivity index (χ3n) is 2.58. The molecule has 0 saturated carbocycles. The second-order valence-corrected chi connectivity index (χ2v) is 4.63. The largest absolute Gasteiger partial charge is 0.508 e. The van der Waals surface area contributed by atoms with Crippen LogP contribution in [-0.4, -0.2) is 5.11 Å². The van der Waals surface area contributed by atoms with Crippen LogP contribution < -0.4 is 0 Å². The summed E-state index contributed by atoms with van der Waals surface area (Å²) >= 11 is 1.64. The quantitative estimate of drug-likeness (QED) is 0.723. The van der Waals surface area contributed by atoms with Crippen LogP contribution in [0.4, 0.5) is 0 Å². The van der Waals surface area contributed by atoms with E-state index in [0.717, 1.165) is 21.8 Å². The fourth-order valence-corrected chi connectivity index (χ4v) is 2.57. The summed E-state index contributed by atoms with van der Waals surface area (Å²) < 4.78 is 5.42. The summed E-state index contributed by atoms with van der Waals surface area (Å²) in [6.45, 7) is 0. The highest BCUT2D eigenvalue weighted by atomic mass is 32.1. The lowest BCUT2D eigenvalue weighted by Gasteiger charge is -2.06. The molecule has 2 nitrogen and oxygen atoms in total. The van der Waals surface area contributed by atoms with Crippen LogP contribution in [0.5, 0.6) is 5.75 Å². The zero-order chi connectivity index (χ0) is 11.7.